The van der Waals surface area contributed by atoms with Crippen LogP contribution in [0.3, 0.4) is 0 Å². The summed E-state index contributed by atoms with van der Waals surface area (Å²) in [6.45, 7) is 8.24. The summed E-state index contributed by atoms with van der Waals surface area (Å²) in [4.78, 5) is 0. The molecule has 0 aliphatic carbocycles. The fourth-order valence-electron chi connectivity index (χ4n) is 1.97. The van der Waals surface area contributed by atoms with Crippen molar-refractivity contribution in [2.24, 2.45) is 0 Å². The molecule has 2 aromatic rings. The van der Waals surface area contributed by atoms with Gasteiger partial charge in [0.15, 0.2) is 0 Å². The molecule has 16 heavy (non-hydrogen) atoms. The summed E-state index contributed by atoms with van der Waals surface area (Å²) in [5.74, 6) is 0. The molecule has 0 bridgehead atoms. The van der Waals surface area contributed by atoms with Gasteiger partial charge in [0.05, 0.1) is 0 Å². The lowest BCUT2D eigenvalue weighted by Gasteiger charge is -2.11. The molecule has 0 radical (unpaired) electrons. The van der Waals surface area contributed by atoms with Crippen molar-refractivity contribution >= 4 is 5.57 Å². The predicted octanol–water partition coefficient (Wildman–Crippen LogP) is 4.70. The monoisotopic (exact) mass is 208 g/mol. The highest BCUT2D eigenvalue weighted by Gasteiger charge is 2.06. The van der Waals surface area contributed by atoms with E-state index in [1.165, 1.54) is 22.3 Å². The molecule has 0 saturated carbocycles. The average molecular weight is 208 g/mol. The third-order valence-electron chi connectivity index (χ3n) is 2.82. The Bertz CT molecular complexity index is 521. The number of rotatable bonds is 2. The van der Waals surface area contributed by atoms with E-state index >= 15 is 0 Å². The fourth-order valence-corrected chi connectivity index (χ4v) is 1.97. The summed E-state index contributed by atoms with van der Waals surface area (Å²) in [5, 5.41) is 0. The van der Waals surface area contributed by atoms with Gasteiger partial charge in [0.1, 0.15) is 0 Å². The van der Waals surface area contributed by atoms with Gasteiger partial charge >= 0.3 is 0 Å². The Labute approximate surface area is 97.3 Å². The van der Waals surface area contributed by atoms with Crippen molar-refractivity contribution in [1.82, 2.24) is 0 Å². The minimum atomic E-state index is 1.11. The summed E-state index contributed by atoms with van der Waals surface area (Å²) in [7, 11) is 0. The van der Waals surface area contributed by atoms with Gasteiger partial charge in [0.25, 0.3) is 0 Å². The molecule has 0 fully saturated rings. The molecule has 2 rings (SSSR count). The summed E-state index contributed by atoms with van der Waals surface area (Å²) in [6.07, 6.45) is 0. The lowest BCUT2D eigenvalue weighted by molar-refractivity contribution is 1.44. The molecular formula is C16H16. The van der Waals surface area contributed by atoms with Crippen molar-refractivity contribution in [3.05, 3.63) is 66.2 Å². The molecular weight excluding hydrogens is 192 g/mol. The molecule has 0 N–H and O–H groups in total. The molecule has 2 aromatic carbocycles. The Morgan fingerprint density at radius 3 is 2.06 bits per heavy atom. The molecule has 0 nitrogen and oxygen atoms in total. The van der Waals surface area contributed by atoms with E-state index in [0.29, 0.717) is 0 Å². The van der Waals surface area contributed by atoms with E-state index in [9.17, 15) is 0 Å². The normalized spacial score (nSPS) is 10.1. The van der Waals surface area contributed by atoms with Crippen molar-refractivity contribution in [2.75, 3.05) is 0 Å². The molecule has 0 atom stereocenters. The molecule has 0 aliphatic heterocycles. The van der Waals surface area contributed by atoms with Crippen LogP contribution in [0.15, 0.2) is 55.1 Å². The standard InChI is InChI=1S/C16H16/c1-12(2)14-9-6-7-11-16(14)15-10-5-4-8-13(15)3/h4-11H,1H2,2-3H3. The third-order valence-corrected chi connectivity index (χ3v) is 2.82. The second-order valence-electron chi connectivity index (χ2n) is 4.14. The van der Waals surface area contributed by atoms with E-state index in [0.717, 1.165) is 5.57 Å². The van der Waals surface area contributed by atoms with Crippen LogP contribution < -0.4 is 0 Å². The van der Waals surface area contributed by atoms with Gasteiger partial charge in [-0.2, -0.15) is 0 Å². The van der Waals surface area contributed by atoms with Gasteiger partial charge in [0, 0.05) is 0 Å². The van der Waals surface area contributed by atoms with Gasteiger partial charge in [-0.15, -0.1) is 0 Å². The second-order valence-corrected chi connectivity index (χ2v) is 4.14. The molecule has 0 spiro atoms. The molecule has 0 heteroatoms. The van der Waals surface area contributed by atoms with E-state index in [4.69, 9.17) is 0 Å². The van der Waals surface area contributed by atoms with Gasteiger partial charge in [0.2, 0.25) is 0 Å². The molecule has 0 heterocycles. The average Bonchev–Trinajstić information content (AvgIpc) is 2.29. The van der Waals surface area contributed by atoms with Crippen LogP contribution in [0.1, 0.15) is 18.1 Å². The van der Waals surface area contributed by atoms with Crippen LogP contribution >= 0.6 is 0 Å². The predicted molar refractivity (Wildman–Crippen MR) is 71.3 cm³/mol. The van der Waals surface area contributed by atoms with Gasteiger partial charge < -0.3 is 0 Å². The van der Waals surface area contributed by atoms with Crippen LogP contribution in [0, 0.1) is 6.92 Å². The smallest absolute Gasteiger partial charge is 0.0106 e. The number of allylic oxidation sites excluding steroid dienone is 1. The lowest BCUT2D eigenvalue weighted by Crippen LogP contribution is -1.88. The highest BCUT2D eigenvalue weighted by Crippen LogP contribution is 2.29. The van der Waals surface area contributed by atoms with Crippen molar-refractivity contribution in [1.29, 1.82) is 0 Å². The fraction of sp³-hybridized carbons (Fsp3) is 0.125. The summed E-state index contributed by atoms with van der Waals surface area (Å²) in [6, 6.07) is 16.9. The molecule has 0 unspecified atom stereocenters. The zero-order chi connectivity index (χ0) is 11.5. The van der Waals surface area contributed by atoms with Crippen LogP contribution in [0.5, 0.6) is 0 Å². The molecule has 0 aliphatic rings. The maximum absolute atomic E-state index is 4.04. The van der Waals surface area contributed by atoms with Gasteiger partial charge in [-0.05, 0) is 36.1 Å². The zero-order valence-electron chi connectivity index (χ0n) is 9.83. The van der Waals surface area contributed by atoms with E-state index < -0.39 is 0 Å². The van der Waals surface area contributed by atoms with Crippen LogP contribution in [0.25, 0.3) is 16.7 Å². The van der Waals surface area contributed by atoms with Gasteiger partial charge in [-0.3, -0.25) is 0 Å². The molecule has 0 aromatic heterocycles. The summed E-state index contributed by atoms with van der Waals surface area (Å²) in [5.41, 5.74) is 6.21. The topological polar surface area (TPSA) is 0 Å². The second kappa shape index (κ2) is 4.36. The Hall–Kier alpha value is -1.82. The number of hydrogen-bond acceptors (Lipinski definition) is 0. The van der Waals surface area contributed by atoms with Gasteiger partial charge in [-0.25, -0.2) is 0 Å². The number of benzene rings is 2. The largest absolute Gasteiger partial charge is 0.0955 e. The van der Waals surface area contributed by atoms with Crippen molar-refractivity contribution in [2.45, 2.75) is 13.8 Å². The Kier molecular flexibility index (Phi) is 2.91. The maximum Gasteiger partial charge on any atom is -0.0106 e. The van der Waals surface area contributed by atoms with Crippen LogP contribution in [0.2, 0.25) is 0 Å². The third kappa shape index (κ3) is 1.92. The first-order chi connectivity index (χ1) is 7.70. The SMILES string of the molecule is C=C(C)c1ccccc1-c1ccccc1C. The van der Waals surface area contributed by atoms with Crippen LogP contribution in [0.4, 0.5) is 0 Å². The highest BCUT2D eigenvalue weighted by molar-refractivity contribution is 5.81. The zero-order valence-corrected chi connectivity index (χ0v) is 9.83. The van der Waals surface area contributed by atoms with E-state index in [-0.39, 0.29) is 0 Å². The van der Waals surface area contributed by atoms with Crippen molar-refractivity contribution < 1.29 is 0 Å². The quantitative estimate of drug-likeness (QED) is 0.671. The first kappa shape index (κ1) is 10.7. The van der Waals surface area contributed by atoms with E-state index in [1.54, 1.807) is 0 Å². The Balaban J connectivity index is 2.65. The number of aryl methyl sites for hydroxylation is 1. The van der Waals surface area contributed by atoms with Gasteiger partial charge in [-0.1, -0.05) is 60.7 Å². The van der Waals surface area contributed by atoms with E-state index in [2.05, 4.69) is 69.0 Å². The molecule has 80 valence electrons. The lowest BCUT2D eigenvalue weighted by atomic mass is 9.93. The first-order valence-corrected chi connectivity index (χ1v) is 5.51. The highest BCUT2D eigenvalue weighted by atomic mass is 14.1. The Morgan fingerprint density at radius 2 is 1.44 bits per heavy atom. The first-order valence-electron chi connectivity index (χ1n) is 5.51. The van der Waals surface area contributed by atoms with Crippen LogP contribution in [-0.4, -0.2) is 0 Å². The number of hydrogen-bond donors (Lipinski definition) is 0. The summed E-state index contributed by atoms with van der Waals surface area (Å²) < 4.78 is 0. The van der Waals surface area contributed by atoms with Crippen molar-refractivity contribution in [3.63, 3.8) is 0 Å². The minimum Gasteiger partial charge on any atom is -0.0955 e. The van der Waals surface area contributed by atoms with Crippen LogP contribution in [-0.2, 0) is 0 Å². The van der Waals surface area contributed by atoms with E-state index in [1.807, 2.05) is 0 Å². The molecule has 0 saturated heterocycles. The van der Waals surface area contributed by atoms with Crippen molar-refractivity contribution in [3.8, 4) is 11.1 Å². The Morgan fingerprint density at radius 1 is 0.875 bits per heavy atom. The maximum atomic E-state index is 4.04. The minimum absolute atomic E-state index is 1.11. The molecule has 0 amide bonds. The summed E-state index contributed by atoms with van der Waals surface area (Å²) >= 11 is 0.